The molecule has 0 spiro atoms. The molecule has 0 amide bonds. The van der Waals surface area contributed by atoms with Crippen molar-refractivity contribution in [3.63, 3.8) is 0 Å². The molecule has 0 unspecified atom stereocenters. The summed E-state index contributed by atoms with van der Waals surface area (Å²) in [6, 6.07) is 30.3. The highest BCUT2D eigenvalue weighted by Crippen LogP contribution is 2.35. The molecule has 0 aliphatic heterocycles. The molecular formula is C26H27BrSi. The summed E-state index contributed by atoms with van der Waals surface area (Å²) in [6.45, 7) is 9.24. The topological polar surface area (TPSA) is 0 Å². The van der Waals surface area contributed by atoms with Crippen LogP contribution >= 0.6 is 15.9 Å². The third-order valence-electron chi connectivity index (χ3n) is 5.38. The van der Waals surface area contributed by atoms with Gasteiger partial charge in [-0.05, 0) is 40.0 Å². The number of rotatable bonds is 3. The van der Waals surface area contributed by atoms with Crippen LogP contribution in [0.5, 0.6) is 0 Å². The molecule has 1 atom stereocenters. The van der Waals surface area contributed by atoms with Gasteiger partial charge in [-0.2, -0.15) is 0 Å². The molecule has 3 aromatic rings. The lowest BCUT2D eigenvalue weighted by Crippen LogP contribution is -2.63. The predicted octanol–water partition coefficient (Wildman–Crippen LogP) is 6.16. The van der Waals surface area contributed by atoms with Crippen LogP contribution in [-0.2, 0) is 0 Å². The van der Waals surface area contributed by atoms with Gasteiger partial charge in [-0.1, -0.05) is 109 Å². The van der Waals surface area contributed by atoms with E-state index in [9.17, 15) is 0 Å². The smallest absolute Gasteiger partial charge is 0.119 e. The van der Waals surface area contributed by atoms with Crippen molar-refractivity contribution < 1.29 is 0 Å². The predicted molar refractivity (Wildman–Crippen MR) is 128 cm³/mol. The Labute approximate surface area is 179 Å². The monoisotopic (exact) mass is 446 g/mol. The highest BCUT2D eigenvalue weighted by molar-refractivity contribution is 9.10. The molecule has 0 nitrogen and oxygen atoms in total. The van der Waals surface area contributed by atoms with Crippen molar-refractivity contribution in [2.24, 2.45) is 0 Å². The third-order valence-corrected chi connectivity index (χ3v) is 11.1. The van der Waals surface area contributed by atoms with Crippen LogP contribution in [0.1, 0.15) is 39.2 Å². The van der Waals surface area contributed by atoms with Crippen LogP contribution in [0.15, 0.2) is 89.4 Å². The molecule has 0 heterocycles. The Morgan fingerprint density at radius 2 is 1.21 bits per heavy atom. The van der Waals surface area contributed by atoms with E-state index in [0.29, 0.717) is 0 Å². The summed E-state index contributed by atoms with van der Waals surface area (Å²) in [4.78, 5) is 0. The van der Waals surface area contributed by atoms with E-state index in [2.05, 4.69) is 140 Å². The van der Waals surface area contributed by atoms with Gasteiger partial charge >= 0.3 is 0 Å². The number of halogens is 1. The fourth-order valence-electron chi connectivity index (χ4n) is 3.79. The minimum Gasteiger partial charge on any atom is -0.119 e. The second-order valence-electron chi connectivity index (χ2n) is 8.27. The van der Waals surface area contributed by atoms with Crippen molar-refractivity contribution >= 4 is 34.4 Å². The number of benzene rings is 3. The summed E-state index contributed by atoms with van der Waals surface area (Å²) >= 11 is 3.52. The fraction of sp³-hybridized carbons (Fsp3) is 0.231. The molecule has 0 bridgehead atoms. The van der Waals surface area contributed by atoms with Gasteiger partial charge in [0, 0.05) is 10.4 Å². The van der Waals surface area contributed by atoms with Crippen LogP contribution in [0.3, 0.4) is 0 Å². The van der Waals surface area contributed by atoms with E-state index < -0.39 is 8.07 Å². The Morgan fingerprint density at radius 1 is 0.750 bits per heavy atom. The van der Waals surface area contributed by atoms with Gasteiger partial charge in [0.2, 0.25) is 8.07 Å². The molecule has 142 valence electrons. The summed E-state index contributed by atoms with van der Waals surface area (Å²) in [5.74, 6) is 3.85. The van der Waals surface area contributed by atoms with Crippen LogP contribution in [0.2, 0.25) is 5.04 Å². The van der Waals surface area contributed by atoms with Crippen LogP contribution in [0.25, 0.3) is 0 Å². The van der Waals surface area contributed by atoms with Gasteiger partial charge < -0.3 is 0 Å². The van der Waals surface area contributed by atoms with Crippen molar-refractivity contribution in [3.8, 4) is 11.5 Å². The molecule has 3 aromatic carbocycles. The maximum atomic E-state index is 3.90. The molecule has 3 rings (SSSR count). The van der Waals surface area contributed by atoms with Crippen molar-refractivity contribution in [2.45, 2.75) is 38.7 Å². The molecule has 0 N–H and O–H groups in total. The van der Waals surface area contributed by atoms with Gasteiger partial charge in [0.1, 0.15) is 0 Å². The number of hydrogen-bond donors (Lipinski definition) is 0. The van der Waals surface area contributed by atoms with Gasteiger partial charge in [0.15, 0.2) is 0 Å². The van der Waals surface area contributed by atoms with Crippen molar-refractivity contribution in [1.82, 2.24) is 0 Å². The van der Waals surface area contributed by atoms with Gasteiger partial charge in [-0.3, -0.25) is 0 Å². The third kappa shape index (κ3) is 4.16. The summed E-state index contributed by atoms with van der Waals surface area (Å²) in [6.07, 6.45) is 0. The van der Waals surface area contributed by atoms with Gasteiger partial charge in [0.05, 0.1) is 0 Å². The molecule has 0 radical (unpaired) electrons. The van der Waals surface area contributed by atoms with E-state index in [1.54, 1.807) is 0 Å². The lowest BCUT2D eigenvalue weighted by molar-refractivity contribution is 0.740. The number of hydrogen-bond acceptors (Lipinski definition) is 0. The second-order valence-corrected chi connectivity index (χ2v) is 13.6. The van der Waals surface area contributed by atoms with E-state index >= 15 is 0 Å². The maximum absolute atomic E-state index is 3.90. The summed E-state index contributed by atoms with van der Waals surface area (Å²) in [7, 11) is -2.33. The van der Waals surface area contributed by atoms with E-state index in [0.717, 1.165) is 4.47 Å². The Balaban J connectivity index is 2.19. The van der Waals surface area contributed by atoms with E-state index in [4.69, 9.17) is 0 Å². The van der Waals surface area contributed by atoms with Gasteiger partial charge in [0.25, 0.3) is 0 Å². The molecule has 0 saturated carbocycles. The molecule has 0 fully saturated rings. The minimum atomic E-state index is -2.33. The first-order valence-electron chi connectivity index (χ1n) is 9.74. The average Bonchev–Trinajstić information content (AvgIpc) is 2.69. The van der Waals surface area contributed by atoms with E-state index in [1.807, 2.05) is 0 Å². The molecule has 0 aliphatic rings. The van der Waals surface area contributed by atoms with Crippen molar-refractivity contribution in [3.05, 3.63) is 95.0 Å². The van der Waals surface area contributed by atoms with Crippen molar-refractivity contribution in [2.75, 3.05) is 0 Å². The highest BCUT2D eigenvalue weighted by Gasteiger charge is 2.47. The zero-order valence-corrected chi connectivity index (χ0v) is 19.6. The lowest BCUT2D eigenvalue weighted by Gasteiger charge is -2.39. The first-order chi connectivity index (χ1) is 13.3. The quantitative estimate of drug-likeness (QED) is 0.333. The summed E-state index contributed by atoms with van der Waals surface area (Å²) in [5, 5.41) is 2.82. The molecule has 2 heteroatoms. The molecule has 0 aliphatic carbocycles. The normalized spacial score (nSPS) is 12.8. The zero-order chi connectivity index (χ0) is 20.2. The average molecular weight is 447 g/mol. The summed E-state index contributed by atoms with van der Waals surface area (Å²) in [5.41, 5.74) is 5.15. The Kier molecular flexibility index (Phi) is 6.28. The Morgan fingerprint density at radius 3 is 1.64 bits per heavy atom. The second kappa shape index (κ2) is 8.51. The zero-order valence-electron chi connectivity index (χ0n) is 17.0. The fourth-order valence-corrected chi connectivity index (χ4v) is 8.60. The molecule has 0 aromatic heterocycles. The van der Waals surface area contributed by atoms with Gasteiger partial charge in [-0.25, -0.2) is 0 Å². The van der Waals surface area contributed by atoms with Gasteiger partial charge in [-0.15, -0.1) is 11.5 Å². The van der Waals surface area contributed by atoms with Crippen molar-refractivity contribution in [1.29, 1.82) is 0 Å². The summed E-state index contributed by atoms with van der Waals surface area (Å²) < 4.78 is 1.10. The van der Waals surface area contributed by atoms with E-state index in [-0.39, 0.29) is 11.0 Å². The first-order valence-corrected chi connectivity index (χ1v) is 12.5. The standard InChI is InChI=1S/C26H27BrSi/c1-21(22-15-17-23(27)18-16-22)19-20-28(26(2,3)4,24-11-7-5-8-12-24)25-13-9-6-10-14-25/h5-18,21H,1-4H3/t21-/m1/s1. The SMILES string of the molecule is C[C@H](C#C[Si](c1ccccc1)(c1ccccc1)C(C)(C)C)c1ccc(Br)cc1. The highest BCUT2D eigenvalue weighted by atomic mass is 79.9. The molecular weight excluding hydrogens is 420 g/mol. The first kappa shape index (κ1) is 20.6. The largest absolute Gasteiger partial charge is 0.204 e. The Bertz CT molecular complexity index is 919. The van der Waals surface area contributed by atoms with Crippen LogP contribution in [0, 0.1) is 11.5 Å². The van der Waals surface area contributed by atoms with E-state index in [1.165, 1.54) is 15.9 Å². The van der Waals surface area contributed by atoms with Crippen LogP contribution in [-0.4, -0.2) is 8.07 Å². The lowest BCUT2D eigenvalue weighted by atomic mass is 10.0. The van der Waals surface area contributed by atoms with Crippen LogP contribution in [0.4, 0.5) is 0 Å². The Hall–Kier alpha value is -2.08. The molecule has 28 heavy (non-hydrogen) atoms. The maximum Gasteiger partial charge on any atom is 0.204 e. The minimum absolute atomic E-state index is 0.0577. The molecule has 0 saturated heterocycles. The van der Waals surface area contributed by atoms with Crippen LogP contribution < -0.4 is 10.4 Å².